The Kier molecular flexibility index (Phi) is 7.08. The van der Waals surface area contributed by atoms with E-state index in [1.165, 1.54) is 19.3 Å². The van der Waals surface area contributed by atoms with Gasteiger partial charge < -0.3 is 21.6 Å². The number of amidine groups is 1. The zero-order chi connectivity index (χ0) is 20.6. The molecule has 1 aliphatic heterocycles. The van der Waals surface area contributed by atoms with Crippen molar-refractivity contribution >= 4 is 17.2 Å². The molecular weight excluding hydrogens is 364 g/mol. The molecule has 1 aliphatic rings. The van der Waals surface area contributed by atoms with Crippen molar-refractivity contribution in [2.75, 3.05) is 39.0 Å². The fourth-order valence-corrected chi connectivity index (χ4v) is 3.49. The molecule has 0 radical (unpaired) electrons. The molecule has 7 nitrogen and oxygen atoms in total. The van der Waals surface area contributed by atoms with Gasteiger partial charge in [-0.15, -0.1) is 0 Å². The lowest BCUT2D eigenvalue weighted by molar-refractivity contribution is 0.183. The van der Waals surface area contributed by atoms with E-state index in [9.17, 15) is 0 Å². The first-order valence-electron chi connectivity index (χ1n) is 10.0. The summed E-state index contributed by atoms with van der Waals surface area (Å²) in [6, 6.07) is 12.9. The lowest BCUT2D eigenvalue weighted by atomic mass is 9.98. The minimum absolute atomic E-state index is 0.322. The van der Waals surface area contributed by atoms with Gasteiger partial charge in [-0.05, 0) is 56.3 Å². The van der Waals surface area contributed by atoms with Gasteiger partial charge in [-0.3, -0.25) is 10.3 Å². The second-order valence-electron chi connectivity index (χ2n) is 7.18. The van der Waals surface area contributed by atoms with E-state index in [4.69, 9.17) is 21.6 Å². The molecule has 1 saturated heterocycles. The Morgan fingerprint density at radius 3 is 2.69 bits per heavy atom. The molecule has 0 bridgehead atoms. The number of benzene rings is 2. The second-order valence-corrected chi connectivity index (χ2v) is 7.18. The molecule has 0 aliphatic carbocycles. The van der Waals surface area contributed by atoms with Gasteiger partial charge in [0, 0.05) is 36.0 Å². The number of rotatable bonds is 8. The summed E-state index contributed by atoms with van der Waals surface area (Å²) in [5.41, 5.74) is 17.7. The Labute approximate surface area is 172 Å². The topological polar surface area (TPSA) is 113 Å². The van der Waals surface area contributed by atoms with E-state index in [-0.39, 0.29) is 0 Å². The van der Waals surface area contributed by atoms with Crippen LogP contribution in [-0.4, -0.2) is 49.7 Å². The lowest BCUT2D eigenvalue weighted by Crippen LogP contribution is -2.33. The number of nitrogens with two attached hydrogens (primary N) is 2. The van der Waals surface area contributed by atoms with Gasteiger partial charge in [-0.2, -0.15) is 5.10 Å². The first kappa shape index (κ1) is 20.7. The molecule has 1 heterocycles. The van der Waals surface area contributed by atoms with E-state index in [1.807, 2.05) is 24.3 Å². The summed E-state index contributed by atoms with van der Waals surface area (Å²) in [6.07, 6.45) is 3.88. The molecule has 0 unspecified atom stereocenters. The van der Waals surface area contributed by atoms with Crippen molar-refractivity contribution in [1.82, 2.24) is 10.3 Å². The van der Waals surface area contributed by atoms with Crippen LogP contribution in [0.3, 0.4) is 0 Å². The minimum Gasteiger partial charge on any atom is -0.492 e. The number of hydrazone groups is 1. The summed E-state index contributed by atoms with van der Waals surface area (Å²) in [7, 11) is 1.68. The lowest BCUT2D eigenvalue weighted by Gasteiger charge is -2.26. The number of hydrogen-bond acceptors (Lipinski definition) is 6. The van der Waals surface area contributed by atoms with Crippen molar-refractivity contribution in [3.05, 3.63) is 59.2 Å². The van der Waals surface area contributed by atoms with Crippen LogP contribution >= 0.6 is 0 Å². The Hall–Kier alpha value is -3.06. The number of nitrogen functional groups attached to an aromatic ring is 1. The first-order chi connectivity index (χ1) is 14.1. The minimum atomic E-state index is 0.322. The van der Waals surface area contributed by atoms with E-state index in [1.54, 1.807) is 25.2 Å². The summed E-state index contributed by atoms with van der Waals surface area (Å²) in [5.74, 6) is 1.10. The maximum absolute atomic E-state index is 8.65. The van der Waals surface area contributed by atoms with Gasteiger partial charge in [-0.1, -0.05) is 18.6 Å². The molecule has 2 aromatic rings. The highest BCUT2D eigenvalue weighted by Gasteiger charge is 2.13. The van der Waals surface area contributed by atoms with Gasteiger partial charge in [-0.25, -0.2) is 0 Å². The summed E-state index contributed by atoms with van der Waals surface area (Å²) in [4.78, 5) is 2.44. The van der Waals surface area contributed by atoms with Crippen LogP contribution in [0.5, 0.6) is 5.75 Å². The van der Waals surface area contributed by atoms with Gasteiger partial charge in [0.2, 0.25) is 0 Å². The van der Waals surface area contributed by atoms with Gasteiger partial charge in [0.1, 0.15) is 12.4 Å². The molecule has 0 aromatic heterocycles. The fraction of sp³-hybridized carbons (Fsp3) is 0.364. The highest BCUT2D eigenvalue weighted by Crippen LogP contribution is 2.21. The molecule has 7 heteroatoms. The summed E-state index contributed by atoms with van der Waals surface area (Å²) in [6.45, 7) is 3.89. The molecule has 0 saturated carbocycles. The highest BCUT2D eigenvalue weighted by molar-refractivity contribution is 6.15. The van der Waals surface area contributed by atoms with Crippen molar-refractivity contribution in [3.63, 3.8) is 0 Å². The molecule has 0 atom stereocenters. The number of ether oxygens (including phenoxy) is 1. The Balaban J connectivity index is 1.70. The maximum Gasteiger partial charge on any atom is 0.150 e. The van der Waals surface area contributed by atoms with Crippen LogP contribution in [0.1, 0.15) is 36.0 Å². The first-order valence-corrected chi connectivity index (χ1v) is 10.0. The molecule has 0 amide bonds. The van der Waals surface area contributed by atoms with Crippen LogP contribution < -0.4 is 21.6 Å². The third-order valence-electron chi connectivity index (χ3n) is 5.10. The smallest absolute Gasteiger partial charge is 0.150 e. The molecule has 1 fully saturated rings. The number of piperidine rings is 1. The molecule has 29 heavy (non-hydrogen) atoms. The van der Waals surface area contributed by atoms with Crippen LogP contribution in [0.25, 0.3) is 0 Å². The van der Waals surface area contributed by atoms with E-state index in [0.717, 1.165) is 30.9 Å². The van der Waals surface area contributed by atoms with Crippen LogP contribution in [-0.2, 0) is 0 Å². The molecule has 6 N–H and O–H groups in total. The zero-order valence-corrected chi connectivity index (χ0v) is 16.9. The molecule has 3 rings (SSSR count). The maximum atomic E-state index is 8.65. The molecule has 0 spiro atoms. The van der Waals surface area contributed by atoms with Crippen molar-refractivity contribution < 1.29 is 4.74 Å². The van der Waals surface area contributed by atoms with Gasteiger partial charge in [0.25, 0.3) is 0 Å². The summed E-state index contributed by atoms with van der Waals surface area (Å²) >= 11 is 0. The van der Waals surface area contributed by atoms with Crippen molar-refractivity contribution in [2.24, 2.45) is 10.8 Å². The average molecular weight is 395 g/mol. The quantitative estimate of drug-likeness (QED) is 0.238. The highest BCUT2D eigenvalue weighted by atomic mass is 16.5. The molecule has 154 valence electrons. The monoisotopic (exact) mass is 394 g/mol. The third kappa shape index (κ3) is 5.48. The largest absolute Gasteiger partial charge is 0.492 e. The van der Waals surface area contributed by atoms with Crippen LogP contribution in [0.15, 0.2) is 47.6 Å². The van der Waals surface area contributed by atoms with E-state index in [2.05, 4.69) is 15.4 Å². The van der Waals surface area contributed by atoms with Crippen molar-refractivity contribution in [3.8, 4) is 5.75 Å². The number of hydrogen-bond donors (Lipinski definition) is 4. The molecule has 2 aromatic carbocycles. The fourth-order valence-electron chi connectivity index (χ4n) is 3.49. The van der Waals surface area contributed by atoms with Crippen LogP contribution in [0.4, 0.5) is 5.69 Å². The Bertz CT molecular complexity index is 873. The zero-order valence-electron chi connectivity index (χ0n) is 16.9. The van der Waals surface area contributed by atoms with Gasteiger partial charge in [0.15, 0.2) is 5.84 Å². The summed E-state index contributed by atoms with van der Waals surface area (Å²) < 4.78 is 5.94. The van der Waals surface area contributed by atoms with Crippen LogP contribution in [0, 0.1) is 5.41 Å². The van der Waals surface area contributed by atoms with Crippen LogP contribution in [0.2, 0.25) is 0 Å². The average Bonchev–Trinajstić information content (AvgIpc) is 2.75. The predicted molar refractivity (Wildman–Crippen MR) is 119 cm³/mol. The van der Waals surface area contributed by atoms with E-state index < -0.39 is 0 Å². The molecular formula is C22H30N6O. The number of anilines is 1. The van der Waals surface area contributed by atoms with E-state index >= 15 is 0 Å². The Morgan fingerprint density at radius 1 is 1.14 bits per heavy atom. The van der Waals surface area contributed by atoms with Gasteiger partial charge >= 0.3 is 0 Å². The standard InChI is InChI=1S/C22H30N6O/c1-26-27-22(25)17-8-9-20(23)19(15-17)21(24)16-6-5-7-18(14-16)29-13-12-28-10-3-2-4-11-28/h5-9,14-15,24,26H,2-4,10-13,23H2,1H3,(H2,25,27). The number of nitrogens with one attached hydrogen (secondary N) is 2. The third-order valence-corrected chi connectivity index (χ3v) is 5.10. The normalized spacial score (nSPS) is 15.1. The number of nitrogens with zero attached hydrogens (tertiary/aromatic N) is 2. The predicted octanol–water partition coefficient (Wildman–Crippen LogP) is 2.39. The Morgan fingerprint density at radius 2 is 1.93 bits per heavy atom. The SMILES string of the molecule is CN/N=C(\N)c1ccc(N)c(C(=N)c2cccc(OCCN3CCCCC3)c2)c1. The van der Waals surface area contributed by atoms with Crippen molar-refractivity contribution in [2.45, 2.75) is 19.3 Å². The van der Waals surface area contributed by atoms with Crippen molar-refractivity contribution in [1.29, 1.82) is 5.41 Å². The number of likely N-dealkylation sites (tertiary alicyclic amines) is 1. The van der Waals surface area contributed by atoms with Gasteiger partial charge in [0.05, 0.1) is 5.71 Å². The second kappa shape index (κ2) is 9.93. The summed E-state index contributed by atoms with van der Waals surface area (Å²) in [5, 5.41) is 12.6. The van der Waals surface area contributed by atoms with E-state index in [0.29, 0.717) is 35.0 Å².